The van der Waals surface area contributed by atoms with Gasteiger partial charge in [-0.05, 0) is 82.9 Å². The molecule has 1 heterocycles. The first-order valence-corrected chi connectivity index (χ1v) is 10.8. The Hall–Kier alpha value is -1.88. The van der Waals surface area contributed by atoms with Crippen molar-refractivity contribution in [2.45, 2.75) is 51.0 Å². The molecule has 2 amide bonds. The lowest BCUT2D eigenvalue weighted by atomic mass is 9.78. The summed E-state index contributed by atoms with van der Waals surface area (Å²) in [6, 6.07) is 7.69. The van der Waals surface area contributed by atoms with E-state index in [4.69, 9.17) is 0 Å². The van der Waals surface area contributed by atoms with Crippen molar-refractivity contribution in [3.8, 4) is 0 Å². The highest BCUT2D eigenvalue weighted by Gasteiger charge is 2.35. The first-order valence-electron chi connectivity index (χ1n) is 10.8. The average Bonchev–Trinajstić information content (AvgIpc) is 2.72. The monoisotopic (exact) mass is 385 g/mol. The van der Waals surface area contributed by atoms with E-state index in [9.17, 15) is 9.59 Å². The van der Waals surface area contributed by atoms with E-state index in [1.54, 1.807) is 17.0 Å². The summed E-state index contributed by atoms with van der Waals surface area (Å²) in [4.78, 5) is 31.7. The van der Waals surface area contributed by atoms with Crippen LogP contribution in [0.25, 0.3) is 0 Å². The molecule has 1 aliphatic heterocycles. The van der Waals surface area contributed by atoms with Crippen molar-refractivity contribution in [2.24, 2.45) is 5.92 Å². The smallest absolute Gasteiger partial charge is 0.254 e. The van der Waals surface area contributed by atoms with Gasteiger partial charge in [-0.15, -0.1) is 0 Å². The molecule has 5 nitrogen and oxygen atoms in total. The fourth-order valence-corrected chi connectivity index (χ4v) is 4.74. The number of nitrogens with zero attached hydrogens (tertiary/aromatic N) is 3. The number of hydrogen-bond acceptors (Lipinski definition) is 3. The summed E-state index contributed by atoms with van der Waals surface area (Å²) in [5.41, 5.74) is 1.36. The molecule has 1 saturated carbocycles. The second-order valence-corrected chi connectivity index (χ2v) is 8.71. The molecule has 1 aromatic rings. The SMILES string of the molecule is CN(C)CCCN(C)C(=O)c1ccc(C(=O)N2CCC[C@@H]3CCCC[C@@H]32)cc1. The van der Waals surface area contributed by atoms with Crippen LogP contribution in [0.4, 0.5) is 0 Å². The van der Waals surface area contributed by atoms with Crippen LogP contribution >= 0.6 is 0 Å². The van der Waals surface area contributed by atoms with Crippen LogP contribution in [0.3, 0.4) is 0 Å². The molecule has 0 aromatic heterocycles. The van der Waals surface area contributed by atoms with Crippen molar-refractivity contribution >= 4 is 11.8 Å². The third-order valence-corrected chi connectivity index (χ3v) is 6.33. The highest BCUT2D eigenvalue weighted by atomic mass is 16.2. The number of likely N-dealkylation sites (tertiary alicyclic amines) is 1. The van der Waals surface area contributed by atoms with Gasteiger partial charge in [0, 0.05) is 37.3 Å². The van der Waals surface area contributed by atoms with Gasteiger partial charge < -0.3 is 14.7 Å². The van der Waals surface area contributed by atoms with Gasteiger partial charge in [0.2, 0.25) is 0 Å². The molecule has 1 aromatic carbocycles. The average molecular weight is 386 g/mol. The van der Waals surface area contributed by atoms with Gasteiger partial charge in [-0.2, -0.15) is 0 Å². The number of carbonyl (C=O) groups excluding carboxylic acids is 2. The van der Waals surface area contributed by atoms with Gasteiger partial charge in [0.15, 0.2) is 0 Å². The van der Waals surface area contributed by atoms with E-state index in [0.717, 1.165) is 38.9 Å². The normalized spacial score (nSPS) is 22.1. The maximum Gasteiger partial charge on any atom is 0.254 e. The van der Waals surface area contributed by atoms with Crippen molar-refractivity contribution in [1.29, 1.82) is 0 Å². The summed E-state index contributed by atoms with van der Waals surface area (Å²) in [6.07, 6.45) is 8.28. The van der Waals surface area contributed by atoms with Crippen molar-refractivity contribution < 1.29 is 9.59 Å². The predicted octanol–water partition coefficient (Wildman–Crippen LogP) is 3.51. The Labute approximate surface area is 169 Å². The first kappa shape index (κ1) is 20.8. The minimum atomic E-state index is 0.0167. The zero-order valence-electron chi connectivity index (χ0n) is 17.7. The van der Waals surface area contributed by atoms with Gasteiger partial charge in [-0.3, -0.25) is 9.59 Å². The topological polar surface area (TPSA) is 43.9 Å². The third-order valence-electron chi connectivity index (χ3n) is 6.33. The molecular formula is C23H35N3O2. The van der Waals surface area contributed by atoms with Gasteiger partial charge in [0.25, 0.3) is 11.8 Å². The van der Waals surface area contributed by atoms with Crippen LogP contribution in [0.5, 0.6) is 0 Å². The maximum atomic E-state index is 13.1. The van der Waals surface area contributed by atoms with Crippen LogP contribution in [-0.2, 0) is 0 Å². The van der Waals surface area contributed by atoms with Crippen molar-refractivity contribution in [3.63, 3.8) is 0 Å². The minimum Gasteiger partial charge on any atom is -0.342 e. The molecule has 5 heteroatoms. The van der Waals surface area contributed by atoms with Crippen molar-refractivity contribution in [3.05, 3.63) is 35.4 Å². The largest absolute Gasteiger partial charge is 0.342 e. The van der Waals surface area contributed by atoms with E-state index < -0.39 is 0 Å². The molecule has 1 saturated heterocycles. The van der Waals surface area contributed by atoms with Crippen LogP contribution in [0.2, 0.25) is 0 Å². The zero-order valence-corrected chi connectivity index (χ0v) is 17.7. The molecule has 0 unspecified atom stereocenters. The number of carbonyl (C=O) groups is 2. The van der Waals surface area contributed by atoms with Crippen LogP contribution in [-0.4, -0.2) is 73.3 Å². The standard InChI is InChI=1S/C23H35N3O2/c1-24(2)15-7-16-25(3)22(27)19-11-13-20(14-12-19)23(28)26-17-6-9-18-8-4-5-10-21(18)26/h11-14,18,21H,4-10,15-17H2,1-3H3/t18-,21-/m0/s1. The summed E-state index contributed by atoms with van der Waals surface area (Å²) in [5, 5.41) is 0. The zero-order chi connectivity index (χ0) is 20.1. The first-order chi connectivity index (χ1) is 13.5. The summed E-state index contributed by atoms with van der Waals surface area (Å²) < 4.78 is 0. The second-order valence-electron chi connectivity index (χ2n) is 8.71. The number of benzene rings is 1. The maximum absolute atomic E-state index is 13.1. The lowest BCUT2D eigenvalue weighted by molar-refractivity contribution is 0.0390. The minimum absolute atomic E-state index is 0.0167. The Morgan fingerprint density at radius 2 is 1.57 bits per heavy atom. The second kappa shape index (κ2) is 9.55. The van der Waals surface area contributed by atoms with Gasteiger partial charge in [-0.25, -0.2) is 0 Å². The van der Waals surface area contributed by atoms with Crippen LogP contribution in [0.15, 0.2) is 24.3 Å². The summed E-state index contributed by atoms with van der Waals surface area (Å²) in [6.45, 7) is 2.56. The molecule has 28 heavy (non-hydrogen) atoms. The number of fused-ring (bicyclic) bond motifs is 1. The van der Waals surface area contributed by atoms with Gasteiger partial charge >= 0.3 is 0 Å². The fraction of sp³-hybridized carbons (Fsp3) is 0.652. The molecule has 0 radical (unpaired) electrons. The van der Waals surface area contributed by atoms with E-state index in [-0.39, 0.29) is 11.8 Å². The highest BCUT2D eigenvalue weighted by molar-refractivity contribution is 5.98. The molecule has 0 spiro atoms. The van der Waals surface area contributed by atoms with E-state index in [1.165, 1.54) is 25.7 Å². The predicted molar refractivity (Wildman–Crippen MR) is 113 cm³/mol. The highest BCUT2D eigenvalue weighted by Crippen LogP contribution is 2.35. The summed E-state index contributed by atoms with van der Waals surface area (Å²) in [5.74, 6) is 0.834. The van der Waals surface area contributed by atoms with E-state index in [0.29, 0.717) is 23.1 Å². The molecule has 0 N–H and O–H groups in total. The Morgan fingerprint density at radius 3 is 2.29 bits per heavy atom. The summed E-state index contributed by atoms with van der Waals surface area (Å²) in [7, 11) is 5.92. The molecule has 3 rings (SSSR count). The van der Waals surface area contributed by atoms with E-state index >= 15 is 0 Å². The Bertz CT molecular complexity index is 669. The third kappa shape index (κ3) is 4.93. The molecule has 2 atom stereocenters. The molecule has 154 valence electrons. The van der Waals surface area contributed by atoms with Gasteiger partial charge in [0.05, 0.1) is 0 Å². The van der Waals surface area contributed by atoms with Gasteiger partial charge in [-0.1, -0.05) is 12.8 Å². The molecule has 1 aliphatic carbocycles. The van der Waals surface area contributed by atoms with Gasteiger partial charge in [0.1, 0.15) is 0 Å². The lowest BCUT2D eigenvalue weighted by Crippen LogP contribution is -2.49. The van der Waals surface area contributed by atoms with Crippen molar-refractivity contribution in [1.82, 2.24) is 14.7 Å². The number of amides is 2. The lowest BCUT2D eigenvalue weighted by Gasteiger charge is -2.44. The molecule has 2 aliphatic rings. The number of rotatable bonds is 6. The van der Waals surface area contributed by atoms with Crippen molar-refractivity contribution in [2.75, 3.05) is 40.8 Å². The Morgan fingerprint density at radius 1 is 0.929 bits per heavy atom. The Balaban J connectivity index is 1.61. The van der Waals surface area contributed by atoms with Crippen LogP contribution < -0.4 is 0 Å². The van der Waals surface area contributed by atoms with Crippen LogP contribution in [0, 0.1) is 5.92 Å². The van der Waals surface area contributed by atoms with Crippen LogP contribution in [0.1, 0.15) is 65.7 Å². The molecule has 0 bridgehead atoms. The Kier molecular flexibility index (Phi) is 7.11. The molecule has 2 fully saturated rings. The quantitative estimate of drug-likeness (QED) is 0.753. The van der Waals surface area contributed by atoms with E-state index in [2.05, 4.69) is 9.80 Å². The fourth-order valence-electron chi connectivity index (χ4n) is 4.74. The van der Waals surface area contributed by atoms with E-state index in [1.807, 2.05) is 33.3 Å². The molecular weight excluding hydrogens is 350 g/mol. The number of hydrogen-bond donors (Lipinski definition) is 0. The summed E-state index contributed by atoms with van der Waals surface area (Å²) >= 11 is 0. The number of piperidine rings is 1.